The molecule has 0 amide bonds. The lowest BCUT2D eigenvalue weighted by Gasteiger charge is -2.26. The standard InChI is InChI=1S/C29H38N2O6/c1-2-35-26-21-22(36-14-4-8-30-10-16-33-17-11-30)20-24-28(26)27-23(29(24)32)6-3-7-25(27)37-15-5-9-31-12-18-34-19-13-31/h3,6-7,20-21H,2,4-5,8-19H2,1H3. The summed E-state index contributed by atoms with van der Waals surface area (Å²) >= 11 is 0. The zero-order valence-corrected chi connectivity index (χ0v) is 21.8. The number of rotatable bonds is 12. The van der Waals surface area contributed by atoms with Gasteiger partial charge in [-0.3, -0.25) is 14.6 Å². The van der Waals surface area contributed by atoms with Crippen LogP contribution in [0, 0.1) is 0 Å². The Morgan fingerprint density at radius 1 is 0.757 bits per heavy atom. The van der Waals surface area contributed by atoms with Gasteiger partial charge in [-0.1, -0.05) is 12.1 Å². The Morgan fingerprint density at radius 2 is 1.38 bits per heavy atom. The van der Waals surface area contributed by atoms with Crippen LogP contribution in [-0.2, 0) is 9.47 Å². The van der Waals surface area contributed by atoms with E-state index < -0.39 is 0 Å². The number of benzene rings is 2. The Labute approximate surface area is 219 Å². The number of hydrogen-bond donors (Lipinski definition) is 0. The number of carbonyl (C=O) groups is 1. The van der Waals surface area contributed by atoms with Crippen molar-refractivity contribution in [2.75, 3.05) is 85.5 Å². The molecule has 0 spiro atoms. The predicted molar refractivity (Wildman–Crippen MR) is 141 cm³/mol. The molecule has 8 nitrogen and oxygen atoms in total. The van der Waals surface area contributed by atoms with Gasteiger partial charge in [0, 0.05) is 67.6 Å². The average molecular weight is 511 g/mol. The molecule has 0 aromatic heterocycles. The van der Waals surface area contributed by atoms with Gasteiger partial charge in [-0.05, 0) is 31.9 Å². The van der Waals surface area contributed by atoms with Gasteiger partial charge in [0.2, 0.25) is 0 Å². The third kappa shape index (κ3) is 6.26. The van der Waals surface area contributed by atoms with Crippen LogP contribution in [0.15, 0.2) is 30.3 Å². The maximum atomic E-state index is 13.4. The second-order valence-corrected chi connectivity index (χ2v) is 9.60. The van der Waals surface area contributed by atoms with Crippen molar-refractivity contribution in [1.82, 2.24) is 9.80 Å². The monoisotopic (exact) mass is 510 g/mol. The van der Waals surface area contributed by atoms with E-state index in [2.05, 4.69) is 9.80 Å². The minimum Gasteiger partial charge on any atom is -0.493 e. The minimum absolute atomic E-state index is 0.0107. The highest BCUT2D eigenvalue weighted by Gasteiger charge is 2.33. The topological polar surface area (TPSA) is 69.7 Å². The number of hydrogen-bond acceptors (Lipinski definition) is 8. The van der Waals surface area contributed by atoms with Crippen molar-refractivity contribution in [3.63, 3.8) is 0 Å². The molecule has 3 aliphatic rings. The molecule has 2 aliphatic heterocycles. The molecule has 0 unspecified atom stereocenters. The highest BCUT2D eigenvalue weighted by molar-refractivity contribution is 6.23. The Kier molecular flexibility index (Phi) is 8.94. The Hall–Kier alpha value is -2.65. The largest absolute Gasteiger partial charge is 0.493 e. The van der Waals surface area contributed by atoms with E-state index in [4.69, 9.17) is 23.7 Å². The summed E-state index contributed by atoms with van der Waals surface area (Å²) in [5, 5.41) is 0. The van der Waals surface area contributed by atoms with Crippen molar-refractivity contribution in [1.29, 1.82) is 0 Å². The van der Waals surface area contributed by atoms with Crippen LogP contribution >= 0.6 is 0 Å². The first-order valence-corrected chi connectivity index (χ1v) is 13.6. The van der Waals surface area contributed by atoms with E-state index in [0.29, 0.717) is 42.4 Å². The lowest BCUT2D eigenvalue weighted by atomic mass is 10.0. The van der Waals surface area contributed by atoms with Gasteiger partial charge in [-0.15, -0.1) is 0 Å². The van der Waals surface area contributed by atoms with Gasteiger partial charge in [-0.25, -0.2) is 0 Å². The summed E-state index contributed by atoms with van der Waals surface area (Å²) in [5.74, 6) is 2.05. The van der Waals surface area contributed by atoms with Crippen molar-refractivity contribution < 1.29 is 28.5 Å². The van der Waals surface area contributed by atoms with E-state index in [1.54, 1.807) is 0 Å². The summed E-state index contributed by atoms with van der Waals surface area (Å²) in [6, 6.07) is 9.48. The molecule has 2 heterocycles. The quantitative estimate of drug-likeness (QED) is 0.343. The Balaban J connectivity index is 1.27. The van der Waals surface area contributed by atoms with E-state index in [1.807, 2.05) is 37.3 Å². The van der Waals surface area contributed by atoms with Crippen molar-refractivity contribution in [3.8, 4) is 28.4 Å². The fraction of sp³-hybridized carbons (Fsp3) is 0.552. The molecular formula is C29H38N2O6. The van der Waals surface area contributed by atoms with E-state index >= 15 is 0 Å². The van der Waals surface area contributed by atoms with Crippen LogP contribution in [0.25, 0.3) is 11.1 Å². The molecule has 0 saturated carbocycles. The van der Waals surface area contributed by atoms with E-state index in [1.165, 1.54) is 0 Å². The minimum atomic E-state index is -0.0107. The normalized spacial score (nSPS) is 17.9. The molecule has 5 rings (SSSR count). The maximum absolute atomic E-state index is 13.4. The fourth-order valence-corrected chi connectivity index (χ4v) is 5.22. The molecule has 2 aromatic carbocycles. The number of carbonyl (C=O) groups excluding carboxylic acids is 1. The molecule has 2 fully saturated rings. The lowest BCUT2D eigenvalue weighted by molar-refractivity contribution is 0.0357. The zero-order chi connectivity index (χ0) is 25.5. The van der Waals surface area contributed by atoms with Gasteiger partial charge in [-0.2, -0.15) is 0 Å². The van der Waals surface area contributed by atoms with Gasteiger partial charge < -0.3 is 23.7 Å². The molecule has 8 heteroatoms. The first kappa shape index (κ1) is 26.0. The first-order valence-electron chi connectivity index (χ1n) is 13.6. The van der Waals surface area contributed by atoms with Crippen molar-refractivity contribution in [2.45, 2.75) is 19.8 Å². The highest BCUT2D eigenvalue weighted by atomic mass is 16.5. The van der Waals surface area contributed by atoms with Gasteiger partial charge in [0.15, 0.2) is 5.78 Å². The van der Waals surface area contributed by atoms with Gasteiger partial charge >= 0.3 is 0 Å². The summed E-state index contributed by atoms with van der Waals surface area (Å²) in [7, 11) is 0. The van der Waals surface area contributed by atoms with Crippen molar-refractivity contribution in [3.05, 3.63) is 41.5 Å². The van der Waals surface area contributed by atoms with Crippen molar-refractivity contribution in [2.24, 2.45) is 0 Å². The van der Waals surface area contributed by atoms with Gasteiger partial charge in [0.05, 0.1) is 46.2 Å². The molecule has 2 aromatic rings. The first-order chi connectivity index (χ1) is 18.2. The van der Waals surface area contributed by atoms with Crippen LogP contribution in [0.1, 0.15) is 35.7 Å². The molecule has 0 bridgehead atoms. The zero-order valence-electron chi connectivity index (χ0n) is 21.8. The second-order valence-electron chi connectivity index (χ2n) is 9.60. The average Bonchev–Trinajstić information content (AvgIpc) is 3.23. The van der Waals surface area contributed by atoms with E-state index in [0.717, 1.165) is 95.4 Å². The number of ether oxygens (including phenoxy) is 5. The van der Waals surface area contributed by atoms with Crippen LogP contribution in [0.5, 0.6) is 17.2 Å². The molecule has 37 heavy (non-hydrogen) atoms. The molecular weight excluding hydrogens is 472 g/mol. The Morgan fingerprint density at radius 3 is 2.03 bits per heavy atom. The SMILES string of the molecule is CCOc1cc(OCCCN2CCOCC2)cc2c1-c1c(OCCCN3CCOCC3)cccc1C2=O. The van der Waals surface area contributed by atoms with E-state index in [9.17, 15) is 4.79 Å². The highest BCUT2D eigenvalue weighted by Crippen LogP contribution is 2.49. The number of ketones is 1. The number of morpholine rings is 2. The fourth-order valence-electron chi connectivity index (χ4n) is 5.22. The molecule has 2 saturated heterocycles. The van der Waals surface area contributed by atoms with Crippen LogP contribution in [0.4, 0.5) is 0 Å². The van der Waals surface area contributed by atoms with E-state index in [-0.39, 0.29) is 5.78 Å². The number of nitrogens with zero attached hydrogens (tertiary/aromatic N) is 2. The predicted octanol–water partition coefficient (Wildman–Crippen LogP) is 3.50. The van der Waals surface area contributed by atoms with Crippen LogP contribution in [0.3, 0.4) is 0 Å². The van der Waals surface area contributed by atoms with Gasteiger partial charge in [0.1, 0.15) is 17.2 Å². The third-order valence-electron chi connectivity index (χ3n) is 7.11. The number of fused-ring (bicyclic) bond motifs is 3. The van der Waals surface area contributed by atoms with Crippen molar-refractivity contribution >= 4 is 5.78 Å². The van der Waals surface area contributed by atoms with Crippen LogP contribution in [0.2, 0.25) is 0 Å². The summed E-state index contributed by atoms with van der Waals surface area (Å²) < 4.78 is 29.2. The second kappa shape index (κ2) is 12.7. The third-order valence-corrected chi connectivity index (χ3v) is 7.11. The molecule has 0 radical (unpaired) electrons. The molecule has 0 atom stereocenters. The van der Waals surface area contributed by atoms with Gasteiger partial charge in [0.25, 0.3) is 0 Å². The molecule has 200 valence electrons. The summed E-state index contributed by atoms with van der Waals surface area (Å²) in [6.07, 6.45) is 1.83. The maximum Gasteiger partial charge on any atom is 0.194 e. The molecule has 1 aliphatic carbocycles. The summed E-state index contributed by atoms with van der Waals surface area (Å²) in [5.41, 5.74) is 2.92. The van der Waals surface area contributed by atoms with Crippen LogP contribution in [-0.4, -0.2) is 101 Å². The Bertz CT molecular complexity index is 1060. The van der Waals surface area contributed by atoms with Crippen LogP contribution < -0.4 is 14.2 Å². The summed E-state index contributed by atoms with van der Waals surface area (Å²) in [6.45, 7) is 12.6. The lowest BCUT2D eigenvalue weighted by Crippen LogP contribution is -2.37. The summed E-state index contributed by atoms with van der Waals surface area (Å²) in [4.78, 5) is 18.2. The smallest absolute Gasteiger partial charge is 0.194 e. The molecule has 0 N–H and O–H groups in total.